The molecule has 2 unspecified atom stereocenters. The van der Waals surface area contributed by atoms with E-state index in [1.807, 2.05) is 7.05 Å². The average molecular weight is 426 g/mol. The monoisotopic (exact) mass is 426 g/mol. The molecule has 1 saturated carbocycles. The topological polar surface area (TPSA) is 67.1 Å². The average Bonchev–Trinajstić information content (AvgIpc) is 3.16. The van der Waals surface area contributed by atoms with Gasteiger partial charge >= 0.3 is 0 Å². The molecule has 0 saturated heterocycles. The number of guanidine groups is 1. The summed E-state index contributed by atoms with van der Waals surface area (Å²) in [5.41, 5.74) is 2.79. The molecule has 2 aromatic rings. The molecule has 1 fully saturated rings. The first kappa shape index (κ1) is 17.7. The summed E-state index contributed by atoms with van der Waals surface area (Å²) in [6, 6.07) is 9.04. The van der Waals surface area contributed by atoms with E-state index in [-0.39, 0.29) is 24.0 Å². The highest BCUT2D eigenvalue weighted by Crippen LogP contribution is 2.41. The number of nitrogens with one attached hydrogen (secondary N) is 2. The zero-order chi connectivity index (χ0) is 15.5. The van der Waals surface area contributed by atoms with E-state index in [4.69, 9.17) is 0 Å². The SMILES string of the molecule is CN=C(NCc1ncnn1C)NC1CC1c1ccccc1C.I. The van der Waals surface area contributed by atoms with E-state index in [0.717, 1.165) is 18.2 Å². The van der Waals surface area contributed by atoms with Crippen molar-refractivity contribution in [3.8, 4) is 0 Å². The molecule has 0 aliphatic heterocycles. The van der Waals surface area contributed by atoms with Crippen LogP contribution in [-0.4, -0.2) is 33.8 Å². The lowest BCUT2D eigenvalue weighted by Crippen LogP contribution is -2.39. The lowest BCUT2D eigenvalue weighted by atomic mass is 10.0. The fourth-order valence-corrected chi connectivity index (χ4v) is 2.71. The number of aromatic nitrogens is 3. The molecule has 1 aromatic heterocycles. The molecule has 3 rings (SSSR count). The van der Waals surface area contributed by atoms with Gasteiger partial charge in [-0.15, -0.1) is 24.0 Å². The van der Waals surface area contributed by atoms with Gasteiger partial charge in [-0.1, -0.05) is 24.3 Å². The maximum absolute atomic E-state index is 4.28. The maximum Gasteiger partial charge on any atom is 0.191 e. The molecule has 0 radical (unpaired) electrons. The number of halogens is 1. The van der Waals surface area contributed by atoms with Crippen molar-refractivity contribution in [3.05, 3.63) is 47.5 Å². The van der Waals surface area contributed by atoms with Crippen molar-refractivity contribution < 1.29 is 0 Å². The Balaban J connectivity index is 0.00000192. The van der Waals surface area contributed by atoms with Gasteiger partial charge in [-0.2, -0.15) is 5.10 Å². The number of aryl methyl sites for hydroxylation is 2. The number of rotatable bonds is 4. The lowest BCUT2D eigenvalue weighted by molar-refractivity contribution is 0.671. The molecule has 7 heteroatoms. The molecule has 1 aromatic carbocycles. The number of aliphatic imine (C=N–C) groups is 1. The fourth-order valence-electron chi connectivity index (χ4n) is 2.71. The van der Waals surface area contributed by atoms with Gasteiger partial charge in [0, 0.05) is 26.1 Å². The molecule has 23 heavy (non-hydrogen) atoms. The summed E-state index contributed by atoms with van der Waals surface area (Å²) in [4.78, 5) is 8.48. The van der Waals surface area contributed by atoms with Crippen molar-refractivity contribution in [2.45, 2.75) is 31.8 Å². The summed E-state index contributed by atoms with van der Waals surface area (Å²) in [6.45, 7) is 2.78. The van der Waals surface area contributed by atoms with Crippen LogP contribution >= 0.6 is 24.0 Å². The lowest BCUT2D eigenvalue weighted by Gasteiger charge is -2.12. The van der Waals surface area contributed by atoms with E-state index >= 15 is 0 Å². The third-order valence-electron chi connectivity index (χ3n) is 4.14. The molecular formula is C16H23IN6. The number of hydrogen-bond acceptors (Lipinski definition) is 3. The zero-order valence-corrected chi connectivity index (χ0v) is 16.0. The zero-order valence-electron chi connectivity index (χ0n) is 13.7. The van der Waals surface area contributed by atoms with Gasteiger partial charge < -0.3 is 10.6 Å². The van der Waals surface area contributed by atoms with Gasteiger partial charge in [0.15, 0.2) is 5.96 Å². The van der Waals surface area contributed by atoms with Crippen LogP contribution in [0.2, 0.25) is 0 Å². The van der Waals surface area contributed by atoms with E-state index in [2.05, 4.69) is 56.9 Å². The minimum atomic E-state index is 0. The van der Waals surface area contributed by atoms with E-state index in [1.165, 1.54) is 11.1 Å². The first-order chi connectivity index (χ1) is 10.7. The Morgan fingerprint density at radius 1 is 1.39 bits per heavy atom. The Morgan fingerprint density at radius 2 is 2.17 bits per heavy atom. The maximum atomic E-state index is 4.28. The van der Waals surface area contributed by atoms with Crippen LogP contribution in [0.4, 0.5) is 0 Å². The second kappa shape index (κ2) is 7.76. The molecule has 1 heterocycles. The summed E-state index contributed by atoms with van der Waals surface area (Å²) in [5, 5.41) is 10.8. The highest BCUT2D eigenvalue weighted by Gasteiger charge is 2.39. The first-order valence-corrected chi connectivity index (χ1v) is 7.54. The molecular weight excluding hydrogens is 403 g/mol. The summed E-state index contributed by atoms with van der Waals surface area (Å²) in [5.74, 6) is 2.27. The van der Waals surface area contributed by atoms with E-state index < -0.39 is 0 Å². The molecule has 124 valence electrons. The second-order valence-electron chi connectivity index (χ2n) is 5.68. The minimum absolute atomic E-state index is 0. The fraction of sp³-hybridized carbons (Fsp3) is 0.438. The van der Waals surface area contributed by atoms with Crippen LogP contribution in [0, 0.1) is 6.92 Å². The van der Waals surface area contributed by atoms with Crippen molar-refractivity contribution in [2.75, 3.05) is 7.05 Å². The summed E-state index contributed by atoms with van der Waals surface area (Å²) < 4.78 is 1.76. The van der Waals surface area contributed by atoms with Crippen molar-refractivity contribution in [1.29, 1.82) is 0 Å². The van der Waals surface area contributed by atoms with Crippen LogP contribution in [0.3, 0.4) is 0 Å². The van der Waals surface area contributed by atoms with Gasteiger partial charge in [0.2, 0.25) is 0 Å². The third kappa shape index (κ3) is 4.21. The van der Waals surface area contributed by atoms with Crippen molar-refractivity contribution in [3.63, 3.8) is 0 Å². The van der Waals surface area contributed by atoms with Gasteiger partial charge in [-0.3, -0.25) is 9.67 Å². The summed E-state index contributed by atoms with van der Waals surface area (Å²) >= 11 is 0. The number of nitrogens with zero attached hydrogens (tertiary/aromatic N) is 4. The molecule has 6 nitrogen and oxygen atoms in total. The summed E-state index contributed by atoms with van der Waals surface area (Å²) in [7, 11) is 3.67. The molecule has 1 aliphatic rings. The molecule has 0 bridgehead atoms. The van der Waals surface area contributed by atoms with E-state index in [0.29, 0.717) is 18.5 Å². The number of benzene rings is 1. The highest BCUT2D eigenvalue weighted by atomic mass is 127. The quantitative estimate of drug-likeness (QED) is 0.446. The Hall–Kier alpha value is -1.64. The largest absolute Gasteiger partial charge is 0.353 e. The van der Waals surface area contributed by atoms with Gasteiger partial charge in [-0.25, -0.2) is 4.98 Å². The van der Waals surface area contributed by atoms with Gasteiger partial charge in [0.25, 0.3) is 0 Å². The molecule has 1 aliphatic carbocycles. The third-order valence-corrected chi connectivity index (χ3v) is 4.14. The summed E-state index contributed by atoms with van der Waals surface area (Å²) in [6.07, 6.45) is 2.71. The van der Waals surface area contributed by atoms with Crippen LogP contribution in [0.15, 0.2) is 35.6 Å². The van der Waals surface area contributed by atoms with Crippen LogP contribution in [0.5, 0.6) is 0 Å². The Kier molecular flexibility index (Phi) is 5.97. The van der Waals surface area contributed by atoms with E-state index in [1.54, 1.807) is 18.1 Å². The molecule has 2 atom stereocenters. The Bertz CT molecular complexity index is 681. The minimum Gasteiger partial charge on any atom is -0.353 e. The van der Waals surface area contributed by atoms with Crippen LogP contribution in [0.25, 0.3) is 0 Å². The van der Waals surface area contributed by atoms with Crippen LogP contribution < -0.4 is 10.6 Å². The van der Waals surface area contributed by atoms with E-state index in [9.17, 15) is 0 Å². The van der Waals surface area contributed by atoms with Crippen molar-refractivity contribution >= 4 is 29.9 Å². The molecule has 0 amide bonds. The number of hydrogen-bond donors (Lipinski definition) is 2. The van der Waals surface area contributed by atoms with Gasteiger partial charge in [0.05, 0.1) is 6.54 Å². The van der Waals surface area contributed by atoms with Gasteiger partial charge in [-0.05, 0) is 24.5 Å². The predicted octanol–water partition coefficient (Wildman–Crippen LogP) is 1.96. The highest BCUT2D eigenvalue weighted by molar-refractivity contribution is 14.0. The molecule has 2 N–H and O–H groups in total. The Labute approximate surface area is 153 Å². The predicted molar refractivity (Wildman–Crippen MR) is 102 cm³/mol. The van der Waals surface area contributed by atoms with Gasteiger partial charge in [0.1, 0.15) is 12.2 Å². The van der Waals surface area contributed by atoms with Crippen LogP contribution in [0.1, 0.15) is 29.3 Å². The second-order valence-corrected chi connectivity index (χ2v) is 5.68. The standard InChI is InChI=1S/C16H22N6.HI/c1-11-6-4-5-7-12(11)13-8-14(13)21-16(17-2)18-9-15-19-10-20-22(15)3;/h4-7,10,13-14H,8-9H2,1-3H3,(H2,17,18,21);1H. The smallest absolute Gasteiger partial charge is 0.191 e. The van der Waals surface area contributed by atoms with Crippen molar-refractivity contribution in [1.82, 2.24) is 25.4 Å². The molecule has 0 spiro atoms. The van der Waals surface area contributed by atoms with Crippen molar-refractivity contribution in [2.24, 2.45) is 12.0 Å². The Morgan fingerprint density at radius 3 is 2.83 bits per heavy atom. The first-order valence-electron chi connectivity index (χ1n) is 7.54. The normalized spacial score (nSPS) is 19.9. The van der Waals surface area contributed by atoms with Crippen LogP contribution in [-0.2, 0) is 13.6 Å².